The molecule has 0 saturated carbocycles. The van der Waals surface area contributed by atoms with Crippen molar-refractivity contribution in [3.63, 3.8) is 0 Å². The minimum atomic E-state index is -0.744. The standard InChI is InChI=1S/C10H12N6O4/c1-11-8-7(16(19)20)9(13-4-12-8)14-5-2-3-6(17)15-10(5)18/h4-5H,2-3H2,1H3,(H,15,17,18)(H2,11,12,13,14). The van der Waals surface area contributed by atoms with Crippen LogP contribution in [-0.4, -0.2) is 39.8 Å². The van der Waals surface area contributed by atoms with Crippen molar-refractivity contribution in [3.8, 4) is 0 Å². The Hall–Kier alpha value is -2.78. The average molecular weight is 280 g/mol. The van der Waals surface area contributed by atoms with Crippen LogP contribution in [0.25, 0.3) is 0 Å². The van der Waals surface area contributed by atoms with E-state index in [9.17, 15) is 19.7 Å². The fourth-order valence-corrected chi connectivity index (χ4v) is 1.84. The Morgan fingerprint density at radius 1 is 1.40 bits per heavy atom. The summed E-state index contributed by atoms with van der Waals surface area (Å²) in [6.07, 6.45) is 1.56. The first-order valence-electron chi connectivity index (χ1n) is 5.80. The highest BCUT2D eigenvalue weighted by molar-refractivity contribution is 6.01. The molecule has 0 bridgehead atoms. The molecule has 106 valence electrons. The molecule has 2 heterocycles. The second-order valence-corrected chi connectivity index (χ2v) is 4.07. The van der Waals surface area contributed by atoms with Gasteiger partial charge in [0.15, 0.2) is 0 Å². The first-order chi connectivity index (χ1) is 9.52. The Morgan fingerprint density at radius 2 is 2.10 bits per heavy atom. The number of imide groups is 1. The number of aromatic nitrogens is 2. The number of hydrogen-bond donors (Lipinski definition) is 3. The molecule has 1 atom stereocenters. The lowest BCUT2D eigenvalue weighted by Crippen LogP contribution is -2.47. The van der Waals surface area contributed by atoms with Crippen molar-refractivity contribution < 1.29 is 14.5 Å². The number of carbonyl (C=O) groups excluding carboxylic acids is 2. The molecular formula is C10H12N6O4. The molecule has 0 aliphatic carbocycles. The quantitative estimate of drug-likeness (QED) is 0.386. The maximum Gasteiger partial charge on any atom is 0.353 e. The maximum atomic E-state index is 11.6. The summed E-state index contributed by atoms with van der Waals surface area (Å²) < 4.78 is 0. The van der Waals surface area contributed by atoms with Crippen LogP contribution in [-0.2, 0) is 9.59 Å². The molecule has 1 aliphatic heterocycles. The molecule has 2 rings (SSSR count). The third kappa shape index (κ3) is 2.63. The first kappa shape index (κ1) is 13.6. The van der Waals surface area contributed by atoms with Gasteiger partial charge in [0.05, 0.1) is 4.92 Å². The summed E-state index contributed by atoms with van der Waals surface area (Å²) >= 11 is 0. The topological polar surface area (TPSA) is 139 Å². The van der Waals surface area contributed by atoms with Crippen LogP contribution in [0.2, 0.25) is 0 Å². The van der Waals surface area contributed by atoms with Gasteiger partial charge in [0.2, 0.25) is 23.5 Å². The number of anilines is 2. The van der Waals surface area contributed by atoms with Crippen molar-refractivity contribution in [3.05, 3.63) is 16.4 Å². The van der Waals surface area contributed by atoms with Crippen molar-refractivity contribution >= 4 is 29.1 Å². The number of carbonyl (C=O) groups is 2. The van der Waals surface area contributed by atoms with Gasteiger partial charge in [0.25, 0.3) is 0 Å². The highest BCUT2D eigenvalue weighted by Crippen LogP contribution is 2.29. The van der Waals surface area contributed by atoms with E-state index in [4.69, 9.17) is 0 Å². The number of nitrogens with zero attached hydrogens (tertiary/aromatic N) is 3. The number of amides is 2. The molecule has 1 aliphatic rings. The van der Waals surface area contributed by atoms with Gasteiger partial charge in [0, 0.05) is 13.5 Å². The summed E-state index contributed by atoms with van der Waals surface area (Å²) in [5, 5.41) is 18.5. The fraction of sp³-hybridized carbons (Fsp3) is 0.400. The fourth-order valence-electron chi connectivity index (χ4n) is 1.84. The number of piperidine rings is 1. The van der Waals surface area contributed by atoms with Crippen molar-refractivity contribution in [2.75, 3.05) is 17.7 Å². The zero-order valence-electron chi connectivity index (χ0n) is 10.5. The minimum absolute atomic E-state index is 0.0415. The van der Waals surface area contributed by atoms with Gasteiger partial charge in [-0.15, -0.1) is 0 Å². The minimum Gasteiger partial charge on any atom is -0.367 e. The monoisotopic (exact) mass is 280 g/mol. The van der Waals surface area contributed by atoms with Gasteiger partial charge in [0.1, 0.15) is 12.4 Å². The molecule has 10 nitrogen and oxygen atoms in total. The summed E-state index contributed by atoms with van der Waals surface area (Å²) in [6, 6.07) is -0.744. The SMILES string of the molecule is CNc1ncnc(NC2CCC(=O)NC2=O)c1[N+](=O)[O-]. The number of hydrogen-bond acceptors (Lipinski definition) is 8. The van der Waals surface area contributed by atoms with Gasteiger partial charge in [-0.1, -0.05) is 0 Å². The maximum absolute atomic E-state index is 11.6. The van der Waals surface area contributed by atoms with E-state index in [-0.39, 0.29) is 36.1 Å². The Balaban J connectivity index is 2.27. The highest BCUT2D eigenvalue weighted by Gasteiger charge is 2.30. The first-order valence-corrected chi connectivity index (χ1v) is 5.80. The molecule has 1 unspecified atom stereocenters. The zero-order valence-corrected chi connectivity index (χ0v) is 10.5. The van der Waals surface area contributed by atoms with E-state index in [0.717, 1.165) is 6.33 Å². The Bertz CT molecular complexity index is 575. The van der Waals surface area contributed by atoms with Gasteiger partial charge in [-0.25, -0.2) is 9.97 Å². The van der Waals surface area contributed by atoms with Crippen molar-refractivity contribution in [1.29, 1.82) is 0 Å². The van der Waals surface area contributed by atoms with Crippen molar-refractivity contribution in [2.45, 2.75) is 18.9 Å². The largest absolute Gasteiger partial charge is 0.367 e. The summed E-state index contributed by atoms with van der Waals surface area (Å²) in [6.45, 7) is 0. The van der Waals surface area contributed by atoms with Crippen LogP contribution in [0.3, 0.4) is 0 Å². The Morgan fingerprint density at radius 3 is 2.70 bits per heavy atom. The van der Waals surface area contributed by atoms with Gasteiger partial charge in [-0.3, -0.25) is 25.0 Å². The van der Waals surface area contributed by atoms with Crippen molar-refractivity contribution in [2.24, 2.45) is 0 Å². The van der Waals surface area contributed by atoms with E-state index in [1.807, 2.05) is 0 Å². The van der Waals surface area contributed by atoms with Gasteiger partial charge < -0.3 is 10.6 Å². The van der Waals surface area contributed by atoms with E-state index in [1.54, 1.807) is 0 Å². The predicted octanol–water partition coefficient (Wildman–Crippen LogP) is -0.356. The van der Waals surface area contributed by atoms with Crippen molar-refractivity contribution in [1.82, 2.24) is 15.3 Å². The molecule has 1 aromatic heterocycles. The van der Waals surface area contributed by atoms with E-state index < -0.39 is 16.9 Å². The smallest absolute Gasteiger partial charge is 0.353 e. The van der Waals surface area contributed by atoms with Crippen LogP contribution in [0, 0.1) is 10.1 Å². The van der Waals surface area contributed by atoms with Gasteiger partial charge in [-0.2, -0.15) is 0 Å². The van der Waals surface area contributed by atoms with E-state index >= 15 is 0 Å². The molecule has 1 fully saturated rings. The number of rotatable bonds is 4. The van der Waals surface area contributed by atoms with Crippen LogP contribution >= 0.6 is 0 Å². The normalized spacial score (nSPS) is 18.4. The lowest BCUT2D eigenvalue weighted by atomic mass is 10.1. The summed E-state index contributed by atoms with van der Waals surface area (Å²) in [4.78, 5) is 40.6. The molecule has 10 heteroatoms. The highest BCUT2D eigenvalue weighted by atomic mass is 16.6. The second-order valence-electron chi connectivity index (χ2n) is 4.07. The second kappa shape index (κ2) is 5.47. The molecule has 0 aromatic carbocycles. The van der Waals surface area contributed by atoms with E-state index in [0.29, 0.717) is 0 Å². The van der Waals surface area contributed by atoms with Crippen LogP contribution in [0.4, 0.5) is 17.3 Å². The lowest BCUT2D eigenvalue weighted by molar-refractivity contribution is -0.383. The van der Waals surface area contributed by atoms with E-state index in [2.05, 4.69) is 25.9 Å². The lowest BCUT2D eigenvalue weighted by Gasteiger charge is -2.22. The number of nitro groups is 1. The average Bonchev–Trinajstić information content (AvgIpc) is 2.41. The summed E-state index contributed by atoms with van der Waals surface area (Å²) in [5.74, 6) is -0.912. The third-order valence-electron chi connectivity index (χ3n) is 2.79. The van der Waals surface area contributed by atoms with E-state index in [1.165, 1.54) is 7.05 Å². The zero-order chi connectivity index (χ0) is 14.7. The molecule has 0 spiro atoms. The molecule has 1 aromatic rings. The molecule has 2 amide bonds. The van der Waals surface area contributed by atoms with Crippen LogP contribution < -0.4 is 16.0 Å². The van der Waals surface area contributed by atoms with Crippen LogP contribution in [0.1, 0.15) is 12.8 Å². The molecule has 20 heavy (non-hydrogen) atoms. The molecule has 3 N–H and O–H groups in total. The van der Waals surface area contributed by atoms with Gasteiger partial charge >= 0.3 is 5.69 Å². The van der Waals surface area contributed by atoms with Gasteiger partial charge in [-0.05, 0) is 6.42 Å². The summed E-state index contributed by atoms with van der Waals surface area (Å²) in [7, 11) is 1.49. The van der Waals surface area contributed by atoms with Crippen LogP contribution in [0.15, 0.2) is 6.33 Å². The Kier molecular flexibility index (Phi) is 3.73. The number of nitrogens with one attached hydrogen (secondary N) is 3. The third-order valence-corrected chi connectivity index (χ3v) is 2.79. The molecule has 1 saturated heterocycles. The Labute approximate surface area is 113 Å². The predicted molar refractivity (Wildman–Crippen MR) is 68.0 cm³/mol. The summed E-state index contributed by atoms with van der Waals surface area (Å²) in [5.41, 5.74) is -0.347. The molecule has 0 radical (unpaired) electrons. The molecular weight excluding hydrogens is 268 g/mol. The van der Waals surface area contributed by atoms with Crippen LogP contribution in [0.5, 0.6) is 0 Å².